The van der Waals surface area contributed by atoms with Crippen molar-refractivity contribution < 1.29 is 9.53 Å². The van der Waals surface area contributed by atoms with Crippen molar-refractivity contribution in [2.75, 3.05) is 7.11 Å². The number of ether oxygens (including phenoxy) is 1. The molecule has 26 heavy (non-hydrogen) atoms. The van der Waals surface area contributed by atoms with Gasteiger partial charge in [-0.25, -0.2) is 4.98 Å². The van der Waals surface area contributed by atoms with Gasteiger partial charge in [-0.05, 0) is 24.6 Å². The first-order valence-corrected chi connectivity index (χ1v) is 9.20. The van der Waals surface area contributed by atoms with E-state index in [-0.39, 0.29) is 11.5 Å². The molecule has 0 spiro atoms. The van der Waals surface area contributed by atoms with Crippen molar-refractivity contribution in [1.82, 2.24) is 9.55 Å². The molecule has 7 heteroatoms. The summed E-state index contributed by atoms with van der Waals surface area (Å²) in [7, 11) is 1.60. The van der Waals surface area contributed by atoms with Crippen LogP contribution in [0.4, 0.5) is 0 Å². The van der Waals surface area contributed by atoms with Gasteiger partial charge in [-0.1, -0.05) is 26.0 Å². The Morgan fingerprint density at radius 2 is 2.04 bits per heavy atom. The number of hydrogen-bond acceptors (Lipinski definition) is 5. The van der Waals surface area contributed by atoms with Gasteiger partial charge in [0.05, 0.1) is 12.5 Å². The van der Waals surface area contributed by atoms with Gasteiger partial charge in [-0.15, -0.1) is 11.3 Å². The van der Waals surface area contributed by atoms with E-state index in [2.05, 4.69) is 4.98 Å². The van der Waals surface area contributed by atoms with Crippen molar-refractivity contribution in [2.24, 2.45) is 5.73 Å². The van der Waals surface area contributed by atoms with Crippen LogP contribution in [0, 0.1) is 0 Å². The minimum atomic E-state index is -0.769. The summed E-state index contributed by atoms with van der Waals surface area (Å²) in [6.07, 6.45) is 0. The van der Waals surface area contributed by atoms with E-state index in [1.807, 2.05) is 43.5 Å². The summed E-state index contributed by atoms with van der Waals surface area (Å²) in [5, 5.41) is 2.41. The largest absolute Gasteiger partial charge is 0.497 e. The lowest BCUT2D eigenvalue weighted by atomic mass is 10.1. The van der Waals surface area contributed by atoms with Crippen LogP contribution in [0.25, 0.3) is 21.3 Å². The molecule has 3 aromatic rings. The standard InChI is InChI=1S/C19H21N3O3S/c1-10(2)17-21-18-15(19(24)22(17)11(3)16(20)23)14(9-26-18)12-6-5-7-13(8-12)25-4/h5-11H,1-4H3,(H2,20,23). The maximum Gasteiger partial charge on any atom is 0.263 e. The maximum absolute atomic E-state index is 13.3. The third kappa shape index (κ3) is 2.99. The minimum Gasteiger partial charge on any atom is -0.497 e. The Hall–Kier alpha value is -2.67. The van der Waals surface area contributed by atoms with E-state index in [0.717, 1.165) is 11.1 Å². The zero-order valence-corrected chi connectivity index (χ0v) is 16.0. The molecule has 1 amide bonds. The smallest absolute Gasteiger partial charge is 0.263 e. The number of rotatable bonds is 5. The Labute approximate surface area is 155 Å². The number of nitrogens with zero attached hydrogens (tertiary/aromatic N) is 2. The molecule has 2 aromatic heterocycles. The van der Waals surface area contributed by atoms with Crippen molar-refractivity contribution in [3.63, 3.8) is 0 Å². The molecule has 1 atom stereocenters. The van der Waals surface area contributed by atoms with E-state index in [1.54, 1.807) is 14.0 Å². The summed E-state index contributed by atoms with van der Waals surface area (Å²) < 4.78 is 6.70. The van der Waals surface area contributed by atoms with Gasteiger partial charge < -0.3 is 10.5 Å². The highest BCUT2D eigenvalue weighted by Crippen LogP contribution is 2.33. The first-order chi connectivity index (χ1) is 12.3. The van der Waals surface area contributed by atoms with Gasteiger partial charge in [0.2, 0.25) is 5.91 Å². The molecule has 2 heterocycles. The molecule has 0 aliphatic heterocycles. The number of fused-ring (bicyclic) bond motifs is 1. The van der Waals surface area contributed by atoms with Crippen LogP contribution in [-0.4, -0.2) is 22.6 Å². The Balaban J connectivity index is 2.34. The van der Waals surface area contributed by atoms with Crippen molar-refractivity contribution >= 4 is 27.5 Å². The second kappa shape index (κ2) is 6.92. The quantitative estimate of drug-likeness (QED) is 0.745. The van der Waals surface area contributed by atoms with Crippen LogP contribution in [0.15, 0.2) is 34.4 Å². The SMILES string of the molecule is COc1cccc(-c2csc3nc(C(C)C)n(C(C)C(N)=O)c(=O)c23)c1. The predicted octanol–water partition coefficient (Wildman–Crippen LogP) is 3.30. The van der Waals surface area contributed by atoms with Gasteiger partial charge in [-0.3, -0.25) is 14.2 Å². The number of nitrogens with two attached hydrogens (primary N) is 1. The highest BCUT2D eigenvalue weighted by Gasteiger charge is 2.24. The molecule has 0 aliphatic rings. The normalized spacial score (nSPS) is 12.5. The van der Waals surface area contributed by atoms with Gasteiger partial charge in [0.15, 0.2) is 0 Å². The Bertz CT molecular complexity index is 1040. The van der Waals surface area contributed by atoms with Gasteiger partial charge in [0.1, 0.15) is 22.4 Å². The molecule has 0 bridgehead atoms. The van der Waals surface area contributed by atoms with Crippen LogP contribution in [0.5, 0.6) is 5.75 Å². The summed E-state index contributed by atoms with van der Waals surface area (Å²) >= 11 is 1.42. The number of amides is 1. The van der Waals surface area contributed by atoms with Crippen LogP contribution in [0.1, 0.15) is 38.6 Å². The molecule has 2 N–H and O–H groups in total. The van der Waals surface area contributed by atoms with Gasteiger partial charge >= 0.3 is 0 Å². The summed E-state index contributed by atoms with van der Waals surface area (Å²) in [5.74, 6) is 0.692. The second-order valence-electron chi connectivity index (χ2n) is 6.44. The van der Waals surface area contributed by atoms with E-state index >= 15 is 0 Å². The molecule has 0 saturated heterocycles. The van der Waals surface area contributed by atoms with Crippen LogP contribution in [0.3, 0.4) is 0 Å². The average Bonchev–Trinajstić information content (AvgIpc) is 3.05. The molecule has 0 saturated carbocycles. The highest BCUT2D eigenvalue weighted by molar-refractivity contribution is 7.17. The van der Waals surface area contributed by atoms with Gasteiger partial charge in [0.25, 0.3) is 5.56 Å². The summed E-state index contributed by atoms with van der Waals surface area (Å²) in [6, 6.07) is 6.74. The molecule has 136 valence electrons. The number of carbonyl (C=O) groups is 1. The van der Waals surface area contributed by atoms with Crippen LogP contribution in [-0.2, 0) is 4.79 Å². The molecular formula is C19H21N3O3S. The number of aromatic nitrogens is 2. The van der Waals surface area contributed by atoms with Crippen LogP contribution in [0.2, 0.25) is 0 Å². The average molecular weight is 371 g/mol. The number of primary amides is 1. The Morgan fingerprint density at radius 3 is 2.65 bits per heavy atom. The number of benzene rings is 1. The van der Waals surface area contributed by atoms with Crippen molar-refractivity contribution in [2.45, 2.75) is 32.7 Å². The van der Waals surface area contributed by atoms with Crippen LogP contribution >= 0.6 is 11.3 Å². The van der Waals surface area contributed by atoms with Crippen molar-refractivity contribution in [3.05, 3.63) is 45.8 Å². The van der Waals surface area contributed by atoms with E-state index in [1.165, 1.54) is 15.9 Å². The number of methoxy groups -OCH3 is 1. The lowest BCUT2D eigenvalue weighted by Crippen LogP contribution is -2.35. The van der Waals surface area contributed by atoms with Crippen molar-refractivity contribution in [3.8, 4) is 16.9 Å². The molecule has 1 unspecified atom stereocenters. The monoisotopic (exact) mass is 371 g/mol. The zero-order chi connectivity index (χ0) is 19.0. The minimum absolute atomic E-state index is 0.0173. The fraction of sp³-hybridized carbons (Fsp3) is 0.316. The molecule has 0 fully saturated rings. The fourth-order valence-electron chi connectivity index (χ4n) is 2.93. The third-order valence-corrected chi connectivity index (χ3v) is 5.24. The van der Waals surface area contributed by atoms with Gasteiger partial charge in [-0.2, -0.15) is 0 Å². The van der Waals surface area contributed by atoms with Crippen molar-refractivity contribution in [1.29, 1.82) is 0 Å². The lowest BCUT2D eigenvalue weighted by molar-refractivity contribution is -0.120. The predicted molar refractivity (Wildman–Crippen MR) is 104 cm³/mol. The molecule has 6 nitrogen and oxygen atoms in total. The first kappa shape index (κ1) is 18.1. The molecule has 0 aliphatic carbocycles. The second-order valence-corrected chi connectivity index (χ2v) is 7.30. The zero-order valence-electron chi connectivity index (χ0n) is 15.1. The van der Waals surface area contributed by atoms with Gasteiger partial charge in [0, 0.05) is 16.9 Å². The van der Waals surface area contributed by atoms with E-state index in [9.17, 15) is 9.59 Å². The molecular weight excluding hydrogens is 350 g/mol. The number of hydrogen-bond donors (Lipinski definition) is 1. The number of carbonyl (C=O) groups excluding carboxylic acids is 1. The molecule has 3 rings (SSSR count). The fourth-order valence-corrected chi connectivity index (χ4v) is 3.88. The Kier molecular flexibility index (Phi) is 4.82. The van der Waals surface area contributed by atoms with E-state index < -0.39 is 11.9 Å². The topological polar surface area (TPSA) is 87.2 Å². The highest BCUT2D eigenvalue weighted by atomic mass is 32.1. The lowest BCUT2D eigenvalue weighted by Gasteiger charge is -2.19. The summed E-state index contributed by atoms with van der Waals surface area (Å²) in [4.78, 5) is 30.4. The number of thiophene rings is 1. The van der Waals surface area contributed by atoms with E-state index in [0.29, 0.717) is 21.8 Å². The third-order valence-electron chi connectivity index (χ3n) is 4.36. The molecule has 1 aromatic carbocycles. The molecule has 0 radical (unpaired) electrons. The summed E-state index contributed by atoms with van der Waals surface area (Å²) in [6.45, 7) is 5.50. The summed E-state index contributed by atoms with van der Waals surface area (Å²) in [5.41, 5.74) is 6.87. The maximum atomic E-state index is 13.3. The Morgan fingerprint density at radius 1 is 1.31 bits per heavy atom. The first-order valence-electron chi connectivity index (χ1n) is 8.32. The van der Waals surface area contributed by atoms with Crippen LogP contribution < -0.4 is 16.0 Å². The van der Waals surface area contributed by atoms with E-state index in [4.69, 9.17) is 10.5 Å².